The summed E-state index contributed by atoms with van der Waals surface area (Å²) in [5.41, 5.74) is 1.69. The average molecular weight is 356 g/mol. The minimum absolute atomic E-state index is 0.337. The Morgan fingerprint density at radius 2 is 2.14 bits per heavy atom. The highest BCUT2D eigenvalue weighted by Gasteiger charge is 2.47. The predicted molar refractivity (Wildman–Crippen MR) is 87.5 cm³/mol. The van der Waals surface area contributed by atoms with Gasteiger partial charge in [-0.25, -0.2) is 0 Å². The van der Waals surface area contributed by atoms with Crippen molar-refractivity contribution in [2.24, 2.45) is 0 Å². The van der Waals surface area contributed by atoms with Gasteiger partial charge in [-0.05, 0) is 55.1 Å². The zero-order chi connectivity index (χ0) is 15.0. The van der Waals surface area contributed by atoms with Gasteiger partial charge in [0.15, 0.2) is 0 Å². The average Bonchev–Trinajstić information content (AvgIpc) is 2.99. The van der Waals surface area contributed by atoms with E-state index >= 15 is 0 Å². The predicted octanol–water partition coefficient (Wildman–Crippen LogP) is 2.76. The fourth-order valence-corrected chi connectivity index (χ4v) is 4.76. The Labute approximate surface area is 135 Å². The maximum atomic E-state index is 11.3. The molecule has 1 aromatic heterocycles. The Morgan fingerprint density at radius 1 is 1.33 bits per heavy atom. The number of aromatic nitrogens is 2. The molecular formula is C16H26BrN3O. The fraction of sp³-hybridized carbons (Fsp3) is 0.812. The zero-order valence-electron chi connectivity index (χ0n) is 13.1. The minimum Gasteiger partial charge on any atom is -0.388 e. The zero-order valence-corrected chi connectivity index (χ0v) is 14.7. The van der Waals surface area contributed by atoms with Crippen molar-refractivity contribution in [3.05, 3.63) is 15.9 Å². The van der Waals surface area contributed by atoms with Crippen LogP contribution in [0.5, 0.6) is 0 Å². The second kappa shape index (κ2) is 6.01. The maximum absolute atomic E-state index is 11.3. The number of halogens is 1. The molecule has 118 valence electrons. The summed E-state index contributed by atoms with van der Waals surface area (Å²) in [6.45, 7) is 7.30. The second-order valence-corrected chi connectivity index (χ2v) is 7.25. The molecule has 3 heterocycles. The lowest BCUT2D eigenvalue weighted by atomic mass is 9.85. The molecular weight excluding hydrogens is 330 g/mol. The number of fused-ring (bicyclic) bond motifs is 1. The van der Waals surface area contributed by atoms with Crippen LogP contribution in [-0.2, 0) is 19.4 Å². The first-order chi connectivity index (χ1) is 10.1. The number of aliphatic hydroxyl groups is 1. The molecule has 1 aromatic rings. The third-order valence-electron chi connectivity index (χ3n) is 5.23. The van der Waals surface area contributed by atoms with Gasteiger partial charge in [0, 0.05) is 25.6 Å². The van der Waals surface area contributed by atoms with E-state index in [1.54, 1.807) is 0 Å². The highest BCUT2D eigenvalue weighted by molar-refractivity contribution is 9.10. The van der Waals surface area contributed by atoms with E-state index in [1.807, 2.05) is 0 Å². The molecule has 5 heteroatoms. The summed E-state index contributed by atoms with van der Waals surface area (Å²) in [5, 5.41) is 15.9. The van der Waals surface area contributed by atoms with Gasteiger partial charge in [0.2, 0.25) is 0 Å². The highest BCUT2D eigenvalue weighted by atomic mass is 79.9. The molecule has 0 aromatic carbocycles. The van der Waals surface area contributed by atoms with Crippen molar-refractivity contribution >= 4 is 15.9 Å². The quantitative estimate of drug-likeness (QED) is 0.902. The van der Waals surface area contributed by atoms with Crippen LogP contribution in [0.1, 0.15) is 50.9 Å². The van der Waals surface area contributed by atoms with Crippen LogP contribution in [0.15, 0.2) is 4.47 Å². The normalized spacial score (nSPS) is 29.8. The molecule has 0 amide bonds. The van der Waals surface area contributed by atoms with Gasteiger partial charge in [-0.15, -0.1) is 0 Å². The first-order valence-electron chi connectivity index (χ1n) is 8.29. The van der Waals surface area contributed by atoms with E-state index in [1.165, 1.54) is 18.5 Å². The van der Waals surface area contributed by atoms with E-state index in [4.69, 9.17) is 0 Å². The van der Waals surface area contributed by atoms with Gasteiger partial charge in [0.25, 0.3) is 0 Å². The molecule has 21 heavy (non-hydrogen) atoms. The summed E-state index contributed by atoms with van der Waals surface area (Å²) in [6.07, 6.45) is 6.20. The number of hydrogen-bond acceptors (Lipinski definition) is 3. The van der Waals surface area contributed by atoms with Crippen LogP contribution in [0, 0.1) is 0 Å². The van der Waals surface area contributed by atoms with Gasteiger partial charge in [0.05, 0.1) is 21.5 Å². The number of piperidine rings is 1. The molecule has 2 unspecified atom stereocenters. The second-order valence-electron chi connectivity index (χ2n) is 6.45. The van der Waals surface area contributed by atoms with Gasteiger partial charge in [0.1, 0.15) is 0 Å². The molecule has 1 N–H and O–H groups in total. The Hall–Kier alpha value is -0.390. The largest absolute Gasteiger partial charge is 0.388 e. The van der Waals surface area contributed by atoms with Gasteiger partial charge in [-0.2, -0.15) is 5.10 Å². The SMILES string of the molecule is CCc1nn(CC)c(CC2(O)CCN3CCCCC32)c1Br. The summed E-state index contributed by atoms with van der Waals surface area (Å²) in [5.74, 6) is 0. The highest BCUT2D eigenvalue weighted by Crippen LogP contribution is 2.38. The van der Waals surface area contributed by atoms with E-state index in [-0.39, 0.29) is 0 Å². The maximum Gasteiger partial charge on any atom is 0.0869 e. The molecule has 2 aliphatic heterocycles. The van der Waals surface area contributed by atoms with E-state index in [0.717, 1.165) is 55.5 Å². The molecule has 0 bridgehead atoms. The first-order valence-corrected chi connectivity index (χ1v) is 9.09. The standard InChI is InChI=1S/C16H26BrN3O/c1-3-12-15(17)13(20(4-2)18-12)11-16(21)8-10-19-9-6-5-7-14(16)19/h14,21H,3-11H2,1-2H3. The van der Waals surface area contributed by atoms with Crippen LogP contribution in [0.4, 0.5) is 0 Å². The first kappa shape index (κ1) is 15.5. The molecule has 2 fully saturated rings. The fourth-order valence-electron chi connectivity index (χ4n) is 4.05. The van der Waals surface area contributed by atoms with E-state index in [9.17, 15) is 5.11 Å². The van der Waals surface area contributed by atoms with Crippen molar-refractivity contribution in [2.75, 3.05) is 13.1 Å². The Kier molecular flexibility index (Phi) is 4.44. The van der Waals surface area contributed by atoms with Crippen LogP contribution >= 0.6 is 15.9 Å². The van der Waals surface area contributed by atoms with Crippen molar-refractivity contribution in [3.63, 3.8) is 0 Å². The van der Waals surface area contributed by atoms with Crippen molar-refractivity contribution in [3.8, 4) is 0 Å². The van der Waals surface area contributed by atoms with Crippen molar-refractivity contribution in [1.82, 2.24) is 14.7 Å². The van der Waals surface area contributed by atoms with Crippen molar-refractivity contribution in [1.29, 1.82) is 0 Å². The van der Waals surface area contributed by atoms with Gasteiger partial charge >= 0.3 is 0 Å². The van der Waals surface area contributed by atoms with Crippen LogP contribution in [0.2, 0.25) is 0 Å². The number of hydrogen-bond donors (Lipinski definition) is 1. The Bertz CT molecular complexity index is 516. The molecule has 2 saturated heterocycles. The van der Waals surface area contributed by atoms with E-state index < -0.39 is 5.60 Å². The number of nitrogens with zero attached hydrogens (tertiary/aromatic N) is 3. The monoisotopic (exact) mass is 355 g/mol. The van der Waals surface area contributed by atoms with Crippen molar-refractivity contribution in [2.45, 2.75) is 70.6 Å². The lowest BCUT2D eigenvalue weighted by Gasteiger charge is -2.37. The molecule has 2 atom stereocenters. The summed E-state index contributed by atoms with van der Waals surface area (Å²) >= 11 is 3.71. The Balaban J connectivity index is 1.87. The molecule has 4 nitrogen and oxygen atoms in total. The molecule has 0 radical (unpaired) electrons. The molecule has 3 rings (SSSR count). The summed E-state index contributed by atoms with van der Waals surface area (Å²) in [4.78, 5) is 2.49. The van der Waals surface area contributed by atoms with Gasteiger partial charge < -0.3 is 5.11 Å². The lowest BCUT2D eigenvalue weighted by molar-refractivity contribution is -0.0104. The third-order valence-corrected chi connectivity index (χ3v) is 6.15. The smallest absolute Gasteiger partial charge is 0.0869 e. The van der Waals surface area contributed by atoms with Crippen LogP contribution < -0.4 is 0 Å². The summed E-state index contributed by atoms with van der Waals surface area (Å²) in [6, 6.07) is 0.337. The lowest BCUT2D eigenvalue weighted by Crippen LogP contribution is -2.48. The Morgan fingerprint density at radius 3 is 2.86 bits per heavy atom. The molecule has 0 saturated carbocycles. The minimum atomic E-state index is -0.582. The molecule has 0 aliphatic carbocycles. The molecule has 0 spiro atoms. The van der Waals surface area contributed by atoms with Gasteiger partial charge in [-0.1, -0.05) is 13.3 Å². The van der Waals surface area contributed by atoms with E-state index in [2.05, 4.69) is 44.5 Å². The molecule has 2 aliphatic rings. The topological polar surface area (TPSA) is 41.3 Å². The van der Waals surface area contributed by atoms with Crippen molar-refractivity contribution < 1.29 is 5.11 Å². The number of rotatable bonds is 4. The van der Waals surface area contributed by atoms with Crippen LogP contribution in [0.3, 0.4) is 0 Å². The summed E-state index contributed by atoms with van der Waals surface area (Å²) in [7, 11) is 0. The van der Waals surface area contributed by atoms with E-state index in [0.29, 0.717) is 6.04 Å². The van der Waals surface area contributed by atoms with Gasteiger partial charge in [-0.3, -0.25) is 9.58 Å². The summed E-state index contributed by atoms with van der Waals surface area (Å²) < 4.78 is 3.17. The third kappa shape index (κ3) is 2.68. The number of aryl methyl sites for hydroxylation is 2. The van der Waals surface area contributed by atoms with Crippen LogP contribution in [0.25, 0.3) is 0 Å². The van der Waals surface area contributed by atoms with Crippen LogP contribution in [-0.4, -0.2) is 44.5 Å².